The van der Waals surface area contributed by atoms with E-state index in [2.05, 4.69) is 18.7 Å². The van der Waals surface area contributed by atoms with E-state index in [1.165, 1.54) is 205 Å². The second kappa shape index (κ2) is 36.1. The first kappa shape index (κ1) is 40.9. The summed E-state index contributed by atoms with van der Waals surface area (Å²) in [6, 6.07) is 0. The molecule has 2 N–H and O–H groups in total. The molecule has 0 amide bonds. The molecule has 41 heavy (non-hydrogen) atoms. The third-order valence-electron chi connectivity index (χ3n) is 9.08. The maximum absolute atomic E-state index is 9.51. The van der Waals surface area contributed by atoms with Crippen LogP contribution >= 0.6 is 0 Å². The van der Waals surface area contributed by atoms with Crippen LogP contribution in [-0.4, -0.2) is 41.0 Å². The Hall–Kier alpha value is -0.120. The molecule has 0 aliphatic carbocycles. The fraction of sp³-hybridized carbons (Fsp3) is 1.00. The fourth-order valence-corrected chi connectivity index (χ4v) is 6.29. The molecule has 0 aromatic rings. The molecule has 3 nitrogen and oxygen atoms in total. The minimum atomic E-state index is -1.20. The molecule has 0 radical (unpaired) electrons. The number of aliphatic hydroxyl groups is 2. The molecular weight excluding hydrogens is 502 g/mol. The van der Waals surface area contributed by atoms with Crippen LogP contribution in [0.15, 0.2) is 0 Å². The van der Waals surface area contributed by atoms with E-state index >= 15 is 0 Å². The molecule has 3 heteroatoms. The molecule has 0 aromatic carbocycles. The third kappa shape index (κ3) is 36.0. The topological polar surface area (TPSA) is 43.7 Å². The smallest absolute Gasteiger partial charge is 0.164 e. The number of hydrogen-bond donors (Lipinski definition) is 2. The predicted octanol–water partition coefficient (Wildman–Crippen LogP) is 12.1. The van der Waals surface area contributed by atoms with Gasteiger partial charge in [-0.2, -0.15) is 0 Å². The number of unbranched alkanes of at least 4 members (excludes halogenated alkanes) is 30. The van der Waals surface area contributed by atoms with Gasteiger partial charge in [0.1, 0.15) is 0 Å². The SMILES string of the molecule is CCCCCCCCCCCCCCCCCCN(CCCCCCCCCCCCCCCCCC)CC(O)O. The molecule has 0 aliphatic heterocycles. The Morgan fingerprint density at radius 1 is 0.317 bits per heavy atom. The lowest BCUT2D eigenvalue weighted by Crippen LogP contribution is -2.34. The van der Waals surface area contributed by atoms with Gasteiger partial charge in [0.2, 0.25) is 0 Å². The van der Waals surface area contributed by atoms with E-state index < -0.39 is 6.29 Å². The van der Waals surface area contributed by atoms with Gasteiger partial charge in [0.25, 0.3) is 0 Å². The molecule has 0 aliphatic rings. The first-order chi connectivity index (χ1) is 20.2. The first-order valence-electron chi connectivity index (χ1n) is 19.3. The molecule has 0 rings (SSSR count). The van der Waals surface area contributed by atoms with Gasteiger partial charge >= 0.3 is 0 Å². The Morgan fingerprint density at radius 3 is 0.707 bits per heavy atom. The van der Waals surface area contributed by atoms with Crippen LogP contribution in [0.2, 0.25) is 0 Å². The van der Waals surface area contributed by atoms with Gasteiger partial charge in [-0.15, -0.1) is 0 Å². The quantitative estimate of drug-likeness (QED) is 0.0571. The standard InChI is InChI=1S/C38H79NO2/c1-3-5-7-9-11-13-15-17-19-21-23-25-27-29-31-33-35-39(37-38(40)41)36-34-32-30-28-26-24-22-20-18-16-14-12-10-8-6-4-2/h38,40-41H,3-37H2,1-2H3. The molecular formula is C38H79NO2. The van der Waals surface area contributed by atoms with Crippen molar-refractivity contribution in [1.82, 2.24) is 4.90 Å². The van der Waals surface area contributed by atoms with Gasteiger partial charge in [-0.25, -0.2) is 0 Å². The number of nitrogens with zero attached hydrogens (tertiary/aromatic N) is 1. The van der Waals surface area contributed by atoms with Crippen molar-refractivity contribution < 1.29 is 10.2 Å². The lowest BCUT2D eigenvalue weighted by Gasteiger charge is -2.23. The van der Waals surface area contributed by atoms with Crippen molar-refractivity contribution in [3.63, 3.8) is 0 Å². The Kier molecular flexibility index (Phi) is 36.0. The van der Waals surface area contributed by atoms with Gasteiger partial charge < -0.3 is 10.2 Å². The van der Waals surface area contributed by atoms with E-state index in [9.17, 15) is 10.2 Å². The predicted molar refractivity (Wildman–Crippen MR) is 184 cm³/mol. The minimum absolute atomic E-state index is 0.414. The summed E-state index contributed by atoms with van der Waals surface area (Å²) >= 11 is 0. The van der Waals surface area contributed by atoms with E-state index in [4.69, 9.17) is 0 Å². The zero-order chi connectivity index (χ0) is 29.9. The summed E-state index contributed by atoms with van der Waals surface area (Å²) in [5, 5.41) is 19.0. The van der Waals surface area contributed by atoms with Crippen LogP contribution in [0.4, 0.5) is 0 Å². The van der Waals surface area contributed by atoms with E-state index in [1.54, 1.807) is 0 Å². The van der Waals surface area contributed by atoms with E-state index in [-0.39, 0.29) is 0 Å². The molecule has 248 valence electrons. The molecule has 0 unspecified atom stereocenters. The second-order valence-corrected chi connectivity index (χ2v) is 13.4. The zero-order valence-electron chi connectivity index (χ0n) is 28.7. The number of rotatable bonds is 36. The van der Waals surface area contributed by atoms with Crippen molar-refractivity contribution >= 4 is 0 Å². The maximum atomic E-state index is 9.51. The van der Waals surface area contributed by atoms with Crippen molar-refractivity contribution in [2.45, 2.75) is 226 Å². The van der Waals surface area contributed by atoms with Crippen LogP contribution < -0.4 is 0 Å². The highest BCUT2D eigenvalue weighted by molar-refractivity contribution is 4.61. The Balaban J connectivity index is 3.46. The van der Waals surface area contributed by atoms with Crippen molar-refractivity contribution in [1.29, 1.82) is 0 Å². The van der Waals surface area contributed by atoms with Crippen LogP contribution in [0.5, 0.6) is 0 Å². The Bertz CT molecular complexity index is 420. The number of hydrogen-bond acceptors (Lipinski definition) is 3. The van der Waals surface area contributed by atoms with E-state index in [1.807, 2.05) is 0 Å². The summed E-state index contributed by atoms with van der Waals surface area (Å²) in [6.07, 6.45) is 43.5. The summed E-state index contributed by atoms with van der Waals surface area (Å²) in [5.41, 5.74) is 0. The second-order valence-electron chi connectivity index (χ2n) is 13.4. The fourth-order valence-electron chi connectivity index (χ4n) is 6.29. The third-order valence-corrected chi connectivity index (χ3v) is 9.08. The van der Waals surface area contributed by atoms with Crippen LogP contribution in [-0.2, 0) is 0 Å². The summed E-state index contributed by atoms with van der Waals surface area (Å²) in [5.74, 6) is 0. The lowest BCUT2D eigenvalue weighted by molar-refractivity contribution is -0.0616. The molecule has 0 aromatic heterocycles. The maximum Gasteiger partial charge on any atom is 0.164 e. The van der Waals surface area contributed by atoms with Crippen LogP contribution in [0.1, 0.15) is 219 Å². The molecule has 0 spiro atoms. The highest BCUT2D eigenvalue weighted by Gasteiger charge is 2.09. The minimum Gasteiger partial charge on any atom is -0.367 e. The van der Waals surface area contributed by atoms with Gasteiger partial charge in [0.05, 0.1) is 0 Å². The van der Waals surface area contributed by atoms with Crippen LogP contribution in [0, 0.1) is 0 Å². The summed E-state index contributed by atoms with van der Waals surface area (Å²) in [4.78, 5) is 2.29. The van der Waals surface area contributed by atoms with Crippen molar-refractivity contribution in [2.24, 2.45) is 0 Å². The first-order valence-corrected chi connectivity index (χ1v) is 19.3. The molecule has 0 atom stereocenters. The molecule has 0 saturated heterocycles. The Morgan fingerprint density at radius 2 is 0.512 bits per heavy atom. The summed E-state index contributed by atoms with van der Waals surface area (Å²) in [6.45, 7) is 7.05. The normalized spacial score (nSPS) is 11.9. The average Bonchev–Trinajstić information content (AvgIpc) is 2.96. The number of aliphatic hydroxyl groups excluding tert-OH is 1. The largest absolute Gasteiger partial charge is 0.367 e. The monoisotopic (exact) mass is 582 g/mol. The highest BCUT2D eigenvalue weighted by Crippen LogP contribution is 2.16. The van der Waals surface area contributed by atoms with Gasteiger partial charge in [-0.3, -0.25) is 4.90 Å². The van der Waals surface area contributed by atoms with Gasteiger partial charge in [-0.1, -0.05) is 206 Å². The molecule has 0 heterocycles. The molecule has 0 bridgehead atoms. The van der Waals surface area contributed by atoms with E-state index in [0.717, 1.165) is 13.1 Å². The lowest BCUT2D eigenvalue weighted by atomic mass is 10.0. The van der Waals surface area contributed by atoms with Crippen LogP contribution in [0.3, 0.4) is 0 Å². The van der Waals surface area contributed by atoms with E-state index in [0.29, 0.717) is 6.54 Å². The Labute approximate surface area is 260 Å². The van der Waals surface area contributed by atoms with Gasteiger partial charge in [0.15, 0.2) is 6.29 Å². The van der Waals surface area contributed by atoms with Crippen molar-refractivity contribution in [3.8, 4) is 0 Å². The highest BCUT2D eigenvalue weighted by atomic mass is 16.5. The average molecular weight is 582 g/mol. The van der Waals surface area contributed by atoms with Gasteiger partial charge in [0, 0.05) is 6.54 Å². The molecule has 0 saturated carbocycles. The molecule has 0 fully saturated rings. The summed E-state index contributed by atoms with van der Waals surface area (Å²) in [7, 11) is 0. The summed E-state index contributed by atoms with van der Waals surface area (Å²) < 4.78 is 0. The van der Waals surface area contributed by atoms with Gasteiger partial charge in [-0.05, 0) is 25.9 Å². The van der Waals surface area contributed by atoms with Crippen LogP contribution in [0.25, 0.3) is 0 Å². The van der Waals surface area contributed by atoms with Crippen molar-refractivity contribution in [2.75, 3.05) is 19.6 Å². The zero-order valence-corrected chi connectivity index (χ0v) is 28.7. The van der Waals surface area contributed by atoms with Crippen molar-refractivity contribution in [3.05, 3.63) is 0 Å².